The Kier molecular flexibility index (Phi) is 5.72. The van der Waals surface area contributed by atoms with Gasteiger partial charge < -0.3 is 14.6 Å². The molecule has 2 aromatic heterocycles. The topological polar surface area (TPSA) is 58.4 Å². The molecule has 3 aromatic rings. The Balaban J connectivity index is 1.60. The first-order valence-corrected chi connectivity index (χ1v) is 10.1. The zero-order chi connectivity index (χ0) is 19.3. The molecule has 1 saturated heterocycles. The lowest BCUT2D eigenvalue weighted by Gasteiger charge is -2.32. The van der Waals surface area contributed by atoms with E-state index in [4.69, 9.17) is 4.42 Å². The Bertz CT molecular complexity index is 881. The molecule has 0 radical (unpaired) electrons. The van der Waals surface area contributed by atoms with Crippen LogP contribution in [-0.4, -0.2) is 34.9 Å². The van der Waals surface area contributed by atoms with E-state index in [9.17, 15) is 4.79 Å². The number of carbonyl (C=O) groups is 1. The van der Waals surface area contributed by atoms with E-state index < -0.39 is 0 Å². The van der Waals surface area contributed by atoms with Crippen molar-refractivity contribution in [1.29, 1.82) is 0 Å². The first kappa shape index (κ1) is 18.7. The number of nitrogens with one attached hydrogen (secondary N) is 1. The Hall–Kier alpha value is -2.66. The maximum absolute atomic E-state index is 13.6. The molecule has 2 unspecified atom stereocenters. The number of fused-ring (bicyclic) bond motifs is 1. The third-order valence-corrected chi connectivity index (χ3v) is 5.57. The van der Waals surface area contributed by atoms with Gasteiger partial charge in [0.15, 0.2) is 0 Å². The van der Waals surface area contributed by atoms with E-state index in [1.807, 2.05) is 60.4 Å². The van der Waals surface area contributed by atoms with Crippen molar-refractivity contribution in [3.05, 3.63) is 66.2 Å². The van der Waals surface area contributed by atoms with Crippen LogP contribution in [0.4, 0.5) is 0 Å². The number of para-hydroxylation sites is 1. The second kappa shape index (κ2) is 8.57. The smallest absolute Gasteiger partial charge is 0.233 e. The van der Waals surface area contributed by atoms with Gasteiger partial charge in [0.25, 0.3) is 0 Å². The quantitative estimate of drug-likeness (QED) is 0.727. The fourth-order valence-electron chi connectivity index (χ4n) is 3.95. The third-order valence-electron chi connectivity index (χ3n) is 5.57. The van der Waals surface area contributed by atoms with Crippen LogP contribution in [0.2, 0.25) is 0 Å². The normalized spacial score (nSPS) is 18.5. The number of hydrogen-bond donors (Lipinski definition) is 1. The summed E-state index contributed by atoms with van der Waals surface area (Å²) in [5.74, 6) is 0.507. The Morgan fingerprint density at radius 3 is 2.89 bits per heavy atom. The Labute approximate surface area is 165 Å². The van der Waals surface area contributed by atoms with Gasteiger partial charge in [-0.3, -0.25) is 9.78 Å². The highest BCUT2D eigenvalue weighted by Gasteiger charge is 2.30. The summed E-state index contributed by atoms with van der Waals surface area (Å²) in [5.41, 5.74) is 1.75. The van der Waals surface area contributed by atoms with Gasteiger partial charge in [0.2, 0.25) is 5.91 Å². The molecule has 1 fully saturated rings. The van der Waals surface area contributed by atoms with E-state index in [0.717, 1.165) is 54.8 Å². The number of nitrogens with zero attached hydrogens (tertiary/aromatic N) is 2. The van der Waals surface area contributed by atoms with Gasteiger partial charge in [0.05, 0.1) is 18.2 Å². The van der Waals surface area contributed by atoms with Crippen LogP contribution in [0.1, 0.15) is 43.6 Å². The fraction of sp³-hybridized carbons (Fsp3) is 0.391. The monoisotopic (exact) mass is 377 g/mol. The third kappa shape index (κ3) is 4.09. The van der Waals surface area contributed by atoms with Crippen molar-refractivity contribution in [3.63, 3.8) is 0 Å². The maximum Gasteiger partial charge on any atom is 0.233 e. The minimum atomic E-state index is -0.327. The number of carbonyl (C=O) groups excluding carboxylic acids is 1. The lowest BCUT2D eigenvalue weighted by atomic mass is 10.0. The minimum absolute atomic E-state index is 0.108. The molecule has 0 saturated carbocycles. The van der Waals surface area contributed by atoms with Gasteiger partial charge in [0.1, 0.15) is 11.3 Å². The van der Waals surface area contributed by atoms with E-state index >= 15 is 0 Å². The van der Waals surface area contributed by atoms with Crippen molar-refractivity contribution in [1.82, 2.24) is 15.2 Å². The molecular weight excluding hydrogens is 350 g/mol. The lowest BCUT2D eigenvalue weighted by Crippen LogP contribution is -2.42. The molecule has 0 spiro atoms. The second-order valence-corrected chi connectivity index (χ2v) is 7.53. The summed E-state index contributed by atoms with van der Waals surface area (Å²) >= 11 is 0. The molecule has 1 aliphatic rings. The summed E-state index contributed by atoms with van der Waals surface area (Å²) in [6.45, 7) is 4.44. The second-order valence-electron chi connectivity index (χ2n) is 7.53. The molecule has 5 nitrogen and oxygen atoms in total. The standard InChI is InChI=1S/C23H27N3O2/c1-17(22-15-18-7-2-3-10-21(18)28-22)23(27)26(16-19-8-4-5-13-25-19)20-9-6-12-24-14-11-20/h2-5,7-8,10,13,15,17,20,24H,6,9,11-12,14,16H2,1H3. The number of pyridine rings is 1. The van der Waals surface area contributed by atoms with Gasteiger partial charge in [-0.05, 0) is 63.5 Å². The van der Waals surface area contributed by atoms with E-state index in [-0.39, 0.29) is 17.9 Å². The van der Waals surface area contributed by atoms with Crippen LogP contribution >= 0.6 is 0 Å². The molecule has 28 heavy (non-hydrogen) atoms. The van der Waals surface area contributed by atoms with Gasteiger partial charge in [0, 0.05) is 17.6 Å². The zero-order valence-electron chi connectivity index (χ0n) is 16.3. The van der Waals surface area contributed by atoms with Crippen LogP contribution in [0.15, 0.2) is 59.1 Å². The average Bonchev–Trinajstić information content (AvgIpc) is 2.99. The lowest BCUT2D eigenvalue weighted by molar-refractivity contribution is -0.136. The van der Waals surface area contributed by atoms with Crippen LogP contribution in [-0.2, 0) is 11.3 Å². The van der Waals surface area contributed by atoms with Crippen LogP contribution in [0.3, 0.4) is 0 Å². The highest BCUT2D eigenvalue weighted by molar-refractivity contribution is 5.85. The number of rotatable bonds is 5. The van der Waals surface area contributed by atoms with Gasteiger partial charge in [-0.2, -0.15) is 0 Å². The molecule has 2 atom stereocenters. The van der Waals surface area contributed by atoms with Gasteiger partial charge in [-0.25, -0.2) is 0 Å². The van der Waals surface area contributed by atoms with Crippen molar-refractivity contribution in [3.8, 4) is 0 Å². The van der Waals surface area contributed by atoms with Crippen molar-refractivity contribution in [2.45, 2.75) is 44.7 Å². The van der Waals surface area contributed by atoms with Crippen LogP contribution in [0.25, 0.3) is 11.0 Å². The summed E-state index contributed by atoms with van der Waals surface area (Å²) in [6.07, 6.45) is 4.84. The number of furan rings is 1. The zero-order valence-corrected chi connectivity index (χ0v) is 16.3. The molecule has 5 heteroatoms. The highest BCUT2D eigenvalue weighted by Crippen LogP contribution is 2.28. The molecule has 1 N–H and O–H groups in total. The number of aromatic nitrogens is 1. The Morgan fingerprint density at radius 1 is 1.21 bits per heavy atom. The van der Waals surface area contributed by atoms with E-state index in [1.165, 1.54) is 0 Å². The van der Waals surface area contributed by atoms with Gasteiger partial charge >= 0.3 is 0 Å². The van der Waals surface area contributed by atoms with Crippen molar-refractivity contribution < 1.29 is 9.21 Å². The first-order chi connectivity index (χ1) is 13.7. The molecule has 0 aliphatic carbocycles. The SMILES string of the molecule is CC(C(=O)N(Cc1ccccn1)C1CCCNCC1)c1cc2ccccc2o1. The van der Waals surface area contributed by atoms with Crippen molar-refractivity contribution >= 4 is 16.9 Å². The van der Waals surface area contributed by atoms with E-state index in [0.29, 0.717) is 6.54 Å². The van der Waals surface area contributed by atoms with E-state index in [2.05, 4.69) is 10.3 Å². The van der Waals surface area contributed by atoms with Crippen LogP contribution < -0.4 is 5.32 Å². The maximum atomic E-state index is 13.6. The van der Waals surface area contributed by atoms with Gasteiger partial charge in [-0.1, -0.05) is 24.3 Å². The predicted molar refractivity (Wildman–Crippen MR) is 110 cm³/mol. The van der Waals surface area contributed by atoms with E-state index in [1.54, 1.807) is 6.20 Å². The Morgan fingerprint density at radius 2 is 2.07 bits per heavy atom. The number of amides is 1. The summed E-state index contributed by atoms with van der Waals surface area (Å²) in [4.78, 5) is 20.0. The highest BCUT2D eigenvalue weighted by atomic mass is 16.3. The summed E-state index contributed by atoms with van der Waals surface area (Å²) < 4.78 is 5.99. The first-order valence-electron chi connectivity index (χ1n) is 10.1. The molecule has 1 aromatic carbocycles. The number of hydrogen-bond acceptors (Lipinski definition) is 4. The van der Waals surface area contributed by atoms with Crippen LogP contribution in [0.5, 0.6) is 0 Å². The van der Waals surface area contributed by atoms with Gasteiger partial charge in [-0.15, -0.1) is 0 Å². The molecule has 1 amide bonds. The predicted octanol–water partition coefficient (Wildman–Crippen LogP) is 4.10. The molecule has 146 valence electrons. The summed E-state index contributed by atoms with van der Waals surface area (Å²) in [6, 6.07) is 16.0. The molecular formula is C23H27N3O2. The molecule has 4 rings (SSSR count). The minimum Gasteiger partial charge on any atom is -0.460 e. The molecule has 3 heterocycles. The average molecular weight is 377 g/mol. The largest absolute Gasteiger partial charge is 0.460 e. The molecule has 0 bridgehead atoms. The number of benzene rings is 1. The summed E-state index contributed by atoms with van der Waals surface area (Å²) in [7, 11) is 0. The van der Waals surface area contributed by atoms with Crippen molar-refractivity contribution in [2.75, 3.05) is 13.1 Å². The molecule has 1 aliphatic heterocycles. The van der Waals surface area contributed by atoms with Crippen molar-refractivity contribution in [2.24, 2.45) is 0 Å². The summed E-state index contributed by atoms with van der Waals surface area (Å²) in [5, 5.41) is 4.48. The fourth-order valence-corrected chi connectivity index (χ4v) is 3.95. The van der Waals surface area contributed by atoms with Crippen LogP contribution in [0, 0.1) is 0 Å².